The van der Waals surface area contributed by atoms with Crippen molar-refractivity contribution in [3.63, 3.8) is 0 Å². The molecule has 0 saturated carbocycles. The molecule has 1 saturated heterocycles. The molecule has 5 rings (SSSR count). The van der Waals surface area contributed by atoms with Gasteiger partial charge in [-0.2, -0.15) is 0 Å². The number of anilines is 1. The lowest BCUT2D eigenvalue weighted by Gasteiger charge is -2.23. The number of Topliss-reactive ketones (excluding diaryl/α,β-unsaturated/α-hetero) is 1. The zero-order valence-electron chi connectivity index (χ0n) is 17.3. The summed E-state index contributed by atoms with van der Waals surface area (Å²) in [5, 5.41) is 0. The summed E-state index contributed by atoms with van der Waals surface area (Å²) in [7, 11) is 0. The van der Waals surface area contributed by atoms with Gasteiger partial charge in [0.1, 0.15) is 5.82 Å². The maximum absolute atomic E-state index is 12.9. The van der Waals surface area contributed by atoms with Crippen LogP contribution in [-0.4, -0.2) is 62.8 Å². The van der Waals surface area contributed by atoms with Crippen molar-refractivity contribution < 1.29 is 4.79 Å². The number of hydrogen-bond acceptors (Lipinski definition) is 6. The first kappa shape index (κ1) is 18.9. The van der Waals surface area contributed by atoms with E-state index in [0.29, 0.717) is 29.9 Å². The lowest BCUT2D eigenvalue weighted by atomic mass is 10.1. The van der Waals surface area contributed by atoms with E-state index in [4.69, 9.17) is 4.98 Å². The zero-order valence-corrected chi connectivity index (χ0v) is 17.3. The van der Waals surface area contributed by atoms with E-state index in [2.05, 4.69) is 38.8 Å². The number of nitrogens with zero attached hydrogens (tertiary/aromatic N) is 6. The van der Waals surface area contributed by atoms with Crippen LogP contribution in [0, 0.1) is 0 Å². The third-order valence-electron chi connectivity index (χ3n) is 6.05. The summed E-state index contributed by atoms with van der Waals surface area (Å²) in [5.41, 5.74) is 3.31. The van der Waals surface area contributed by atoms with Gasteiger partial charge in [-0.25, -0.2) is 15.0 Å². The van der Waals surface area contributed by atoms with E-state index < -0.39 is 0 Å². The molecule has 1 aliphatic carbocycles. The first-order valence-electron chi connectivity index (χ1n) is 10.7. The van der Waals surface area contributed by atoms with Gasteiger partial charge in [0.2, 0.25) is 5.78 Å². The molecular formula is C23H26N6O. The third-order valence-corrected chi connectivity index (χ3v) is 6.05. The molecule has 0 N–H and O–H groups in total. The molecule has 7 heteroatoms. The van der Waals surface area contributed by atoms with Crippen molar-refractivity contribution in [3.05, 3.63) is 53.7 Å². The molecule has 0 atom stereocenters. The minimum Gasteiger partial charge on any atom is -0.355 e. The van der Waals surface area contributed by atoms with Crippen LogP contribution in [0.15, 0.2) is 36.8 Å². The smallest absolute Gasteiger partial charge is 0.234 e. The third kappa shape index (κ3) is 3.61. The number of carbonyl (C=O) groups excluding carboxylic acids is 1. The number of allylic oxidation sites excluding steroid dienone is 1. The number of aryl methyl sites for hydroxylation is 1. The van der Waals surface area contributed by atoms with Crippen molar-refractivity contribution in [1.82, 2.24) is 24.3 Å². The van der Waals surface area contributed by atoms with Crippen molar-refractivity contribution in [3.8, 4) is 0 Å². The van der Waals surface area contributed by atoms with Gasteiger partial charge >= 0.3 is 0 Å². The second kappa shape index (κ2) is 7.99. The van der Waals surface area contributed by atoms with Crippen LogP contribution in [-0.2, 0) is 11.2 Å². The van der Waals surface area contributed by atoms with Crippen LogP contribution in [0.5, 0.6) is 0 Å². The average Bonchev–Trinajstić information content (AvgIpc) is 2.94. The highest BCUT2D eigenvalue weighted by atomic mass is 16.1. The quantitative estimate of drug-likeness (QED) is 0.671. The summed E-state index contributed by atoms with van der Waals surface area (Å²) >= 11 is 0. The second-order valence-corrected chi connectivity index (χ2v) is 7.91. The van der Waals surface area contributed by atoms with E-state index in [1.54, 1.807) is 6.20 Å². The lowest BCUT2D eigenvalue weighted by Crippen LogP contribution is -2.31. The summed E-state index contributed by atoms with van der Waals surface area (Å²) in [4.78, 5) is 31.5. The summed E-state index contributed by atoms with van der Waals surface area (Å²) < 4.78 is 1.84. The van der Waals surface area contributed by atoms with E-state index in [9.17, 15) is 4.79 Å². The van der Waals surface area contributed by atoms with Crippen LogP contribution in [0.4, 0.5) is 5.82 Å². The highest BCUT2D eigenvalue weighted by Gasteiger charge is 2.22. The number of rotatable bonds is 3. The predicted octanol–water partition coefficient (Wildman–Crippen LogP) is 2.71. The Hall–Kier alpha value is -3.06. The standard InChI is InChI=1S/C23H26N6O/c1-2-27-10-4-12-28(14-13-27)22-8-5-17-15-18(21(30)7-6-19(17)25-22)20-16-29-11-3-9-24-23(29)26-20/h3,5,8-9,11,15-16H,2,4,6-7,10,12-14H2,1H3. The van der Waals surface area contributed by atoms with E-state index in [-0.39, 0.29) is 5.78 Å². The van der Waals surface area contributed by atoms with Crippen LogP contribution < -0.4 is 4.90 Å². The van der Waals surface area contributed by atoms with Crippen LogP contribution >= 0.6 is 0 Å². The molecule has 0 amide bonds. The maximum atomic E-state index is 12.9. The molecule has 4 heterocycles. The van der Waals surface area contributed by atoms with Gasteiger partial charge in [0.25, 0.3) is 0 Å². The molecular weight excluding hydrogens is 376 g/mol. The summed E-state index contributed by atoms with van der Waals surface area (Å²) in [6.07, 6.45) is 9.67. The summed E-state index contributed by atoms with van der Waals surface area (Å²) in [6.45, 7) is 7.55. The topological polar surface area (TPSA) is 66.6 Å². The molecule has 0 bridgehead atoms. The molecule has 0 aromatic carbocycles. The zero-order chi connectivity index (χ0) is 20.5. The Morgan fingerprint density at radius 1 is 1.07 bits per heavy atom. The Morgan fingerprint density at radius 3 is 2.87 bits per heavy atom. The Kier molecular flexibility index (Phi) is 5.04. The van der Waals surface area contributed by atoms with Crippen molar-refractivity contribution >= 4 is 29.0 Å². The monoisotopic (exact) mass is 402 g/mol. The number of aromatic nitrogens is 4. The van der Waals surface area contributed by atoms with Gasteiger partial charge < -0.3 is 9.80 Å². The molecule has 3 aromatic rings. The maximum Gasteiger partial charge on any atom is 0.234 e. The number of imidazole rings is 1. The van der Waals surface area contributed by atoms with Gasteiger partial charge in [-0.05, 0) is 55.8 Å². The SMILES string of the molecule is CCN1CCCN(c2ccc3c(n2)CCC(=O)C(c2cn4cccnc4n2)=C3)CC1. The normalized spacial score (nSPS) is 18.1. The number of hydrogen-bond donors (Lipinski definition) is 0. The highest BCUT2D eigenvalue weighted by molar-refractivity contribution is 6.25. The van der Waals surface area contributed by atoms with Crippen LogP contribution in [0.2, 0.25) is 0 Å². The fourth-order valence-electron chi connectivity index (χ4n) is 4.30. The first-order valence-corrected chi connectivity index (χ1v) is 10.7. The van der Waals surface area contributed by atoms with Gasteiger partial charge in [-0.1, -0.05) is 6.92 Å². The van der Waals surface area contributed by atoms with E-state index in [1.807, 2.05) is 28.9 Å². The predicted molar refractivity (Wildman–Crippen MR) is 117 cm³/mol. The largest absolute Gasteiger partial charge is 0.355 e. The molecule has 1 aliphatic heterocycles. The molecule has 7 nitrogen and oxygen atoms in total. The molecule has 1 fully saturated rings. The van der Waals surface area contributed by atoms with Crippen molar-refractivity contribution in [2.75, 3.05) is 37.6 Å². The Balaban J connectivity index is 1.46. The second-order valence-electron chi connectivity index (χ2n) is 7.91. The molecule has 0 unspecified atom stereocenters. The minimum absolute atomic E-state index is 0.103. The Morgan fingerprint density at radius 2 is 2.00 bits per heavy atom. The fraction of sp³-hybridized carbons (Fsp3) is 0.391. The highest BCUT2D eigenvalue weighted by Crippen LogP contribution is 2.28. The number of pyridine rings is 1. The van der Waals surface area contributed by atoms with Crippen molar-refractivity contribution in [1.29, 1.82) is 0 Å². The van der Waals surface area contributed by atoms with Crippen LogP contribution in [0.1, 0.15) is 36.7 Å². The molecule has 0 radical (unpaired) electrons. The minimum atomic E-state index is 0.103. The lowest BCUT2D eigenvalue weighted by molar-refractivity contribution is -0.113. The van der Waals surface area contributed by atoms with Gasteiger partial charge in [0, 0.05) is 50.2 Å². The first-order chi connectivity index (χ1) is 14.7. The number of likely N-dealkylation sites (N-methyl/N-ethyl adjacent to an activating group) is 1. The van der Waals surface area contributed by atoms with Gasteiger partial charge in [0.05, 0.1) is 11.4 Å². The number of fused-ring (bicyclic) bond motifs is 2. The molecule has 30 heavy (non-hydrogen) atoms. The number of ketones is 1. The molecule has 154 valence electrons. The summed E-state index contributed by atoms with van der Waals surface area (Å²) in [6, 6.07) is 6.05. The van der Waals surface area contributed by atoms with Gasteiger partial charge in [-0.15, -0.1) is 0 Å². The summed E-state index contributed by atoms with van der Waals surface area (Å²) in [5.74, 6) is 1.72. The molecule has 2 aliphatic rings. The fourth-order valence-corrected chi connectivity index (χ4v) is 4.30. The van der Waals surface area contributed by atoms with E-state index >= 15 is 0 Å². The van der Waals surface area contributed by atoms with Gasteiger partial charge in [-0.3, -0.25) is 9.20 Å². The average molecular weight is 403 g/mol. The van der Waals surface area contributed by atoms with Crippen LogP contribution in [0.3, 0.4) is 0 Å². The number of carbonyl (C=O) groups is 1. The van der Waals surface area contributed by atoms with E-state index in [0.717, 1.165) is 56.2 Å². The van der Waals surface area contributed by atoms with Crippen LogP contribution in [0.25, 0.3) is 17.4 Å². The van der Waals surface area contributed by atoms with E-state index in [1.165, 1.54) is 0 Å². The van der Waals surface area contributed by atoms with Crippen molar-refractivity contribution in [2.45, 2.75) is 26.2 Å². The molecule has 3 aromatic heterocycles. The van der Waals surface area contributed by atoms with Crippen molar-refractivity contribution in [2.24, 2.45) is 0 Å². The van der Waals surface area contributed by atoms with Gasteiger partial charge in [0.15, 0.2) is 5.78 Å². The Labute approximate surface area is 176 Å². The molecule has 0 spiro atoms. The Bertz CT molecular complexity index is 1080.